The first-order valence-corrected chi connectivity index (χ1v) is 9.31. The molecule has 0 radical (unpaired) electrons. The van der Waals surface area contributed by atoms with E-state index in [1.54, 1.807) is 29.2 Å². The smallest absolute Gasteiger partial charge is 0.266 e. The Hall–Kier alpha value is -2.54. The Morgan fingerprint density at radius 2 is 2.12 bits per heavy atom. The molecule has 1 amide bonds. The third-order valence-electron chi connectivity index (χ3n) is 4.87. The largest absolute Gasteiger partial charge is 0.328 e. The topological polar surface area (TPSA) is 51.0 Å². The fourth-order valence-corrected chi connectivity index (χ4v) is 4.48. The number of aromatic nitrogens is 3. The Morgan fingerprint density at radius 1 is 1.31 bits per heavy atom. The summed E-state index contributed by atoms with van der Waals surface area (Å²) in [6.07, 6.45) is 5.90. The second-order valence-corrected chi connectivity index (χ2v) is 7.75. The predicted molar refractivity (Wildman–Crippen MR) is 98.5 cm³/mol. The fourth-order valence-electron chi connectivity index (χ4n) is 3.65. The highest BCUT2D eigenvalue weighted by Crippen LogP contribution is 2.35. The number of halogens is 1. The number of thiazole rings is 1. The van der Waals surface area contributed by atoms with Crippen molar-refractivity contribution in [2.24, 2.45) is 7.05 Å². The van der Waals surface area contributed by atoms with Crippen LogP contribution < -0.4 is 0 Å². The molecular formula is C19H19FN4OS. The quantitative estimate of drug-likeness (QED) is 0.689. The van der Waals surface area contributed by atoms with Gasteiger partial charge >= 0.3 is 0 Å². The standard InChI is InChI=1S/C19H19FN4OS/c1-11-6-13-7-15(20)4-5-16(13)12(2)24(11)19(25)17-9-21-18(26-17)14-8-22-23(3)10-14/h4-5,7-12H,6H2,1-3H3/t11-,12+/m1/s1. The molecule has 4 rings (SSSR count). The van der Waals surface area contributed by atoms with E-state index in [1.807, 2.05) is 32.0 Å². The molecule has 26 heavy (non-hydrogen) atoms. The molecule has 0 saturated carbocycles. The van der Waals surface area contributed by atoms with Crippen LogP contribution in [0.15, 0.2) is 36.8 Å². The Kier molecular flexibility index (Phi) is 4.11. The summed E-state index contributed by atoms with van der Waals surface area (Å²) in [7, 11) is 1.85. The van der Waals surface area contributed by atoms with Crippen molar-refractivity contribution in [2.45, 2.75) is 32.4 Å². The molecule has 0 fully saturated rings. The number of hydrogen-bond donors (Lipinski definition) is 0. The molecule has 3 heterocycles. The van der Waals surface area contributed by atoms with Gasteiger partial charge in [-0.1, -0.05) is 6.07 Å². The highest BCUT2D eigenvalue weighted by Gasteiger charge is 2.34. The Bertz CT molecular complexity index is 980. The molecule has 0 unspecified atom stereocenters. The SMILES string of the molecule is C[C@@H]1Cc2cc(F)ccc2[C@H](C)N1C(=O)c1cnc(-c2cnn(C)c2)s1. The molecule has 7 heteroatoms. The van der Waals surface area contributed by atoms with Crippen LogP contribution in [0.3, 0.4) is 0 Å². The van der Waals surface area contributed by atoms with Crippen molar-refractivity contribution in [1.82, 2.24) is 19.7 Å². The first-order chi connectivity index (χ1) is 12.4. The molecule has 3 aromatic rings. The molecule has 0 aliphatic carbocycles. The van der Waals surface area contributed by atoms with Gasteiger partial charge in [-0.3, -0.25) is 9.48 Å². The van der Waals surface area contributed by atoms with Gasteiger partial charge in [0.05, 0.1) is 18.4 Å². The minimum absolute atomic E-state index is 0.00394. The van der Waals surface area contributed by atoms with Crippen LogP contribution in [0.4, 0.5) is 4.39 Å². The minimum atomic E-state index is -0.230. The summed E-state index contributed by atoms with van der Waals surface area (Å²) in [6.45, 7) is 4.00. The Labute approximate surface area is 155 Å². The van der Waals surface area contributed by atoms with Crippen LogP contribution in [-0.4, -0.2) is 31.6 Å². The van der Waals surface area contributed by atoms with E-state index >= 15 is 0 Å². The third-order valence-corrected chi connectivity index (χ3v) is 5.90. The molecule has 1 aliphatic heterocycles. The first kappa shape index (κ1) is 16.9. The van der Waals surface area contributed by atoms with Gasteiger partial charge in [0.2, 0.25) is 0 Å². The van der Waals surface area contributed by atoms with E-state index in [4.69, 9.17) is 0 Å². The normalized spacial score (nSPS) is 19.5. The number of benzene rings is 1. The van der Waals surface area contributed by atoms with Crippen molar-refractivity contribution >= 4 is 17.2 Å². The summed E-state index contributed by atoms with van der Waals surface area (Å²) in [5.41, 5.74) is 2.89. The number of fused-ring (bicyclic) bond motifs is 1. The second-order valence-electron chi connectivity index (χ2n) is 6.72. The molecule has 0 bridgehead atoms. The molecule has 0 saturated heterocycles. The van der Waals surface area contributed by atoms with Gasteiger partial charge in [-0.05, 0) is 43.5 Å². The van der Waals surface area contributed by atoms with Gasteiger partial charge in [0.1, 0.15) is 15.7 Å². The van der Waals surface area contributed by atoms with Crippen molar-refractivity contribution in [3.8, 4) is 10.6 Å². The highest BCUT2D eigenvalue weighted by atomic mass is 32.1. The van der Waals surface area contributed by atoms with E-state index in [0.717, 1.165) is 21.7 Å². The van der Waals surface area contributed by atoms with E-state index in [1.165, 1.54) is 17.4 Å². The molecule has 0 N–H and O–H groups in total. The lowest BCUT2D eigenvalue weighted by Crippen LogP contribution is -2.44. The number of carbonyl (C=O) groups is 1. The van der Waals surface area contributed by atoms with E-state index in [-0.39, 0.29) is 23.8 Å². The first-order valence-electron chi connectivity index (χ1n) is 8.50. The van der Waals surface area contributed by atoms with Crippen molar-refractivity contribution in [3.05, 3.63) is 58.6 Å². The van der Waals surface area contributed by atoms with Crippen LogP contribution in [0.1, 0.15) is 40.7 Å². The lowest BCUT2D eigenvalue weighted by Gasteiger charge is -2.40. The lowest BCUT2D eigenvalue weighted by atomic mass is 9.89. The zero-order valence-corrected chi connectivity index (χ0v) is 15.6. The van der Waals surface area contributed by atoms with Gasteiger partial charge in [0.25, 0.3) is 5.91 Å². The summed E-state index contributed by atoms with van der Waals surface area (Å²) in [4.78, 5) is 20.0. The monoisotopic (exact) mass is 370 g/mol. The van der Waals surface area contributed by atoms with Crippen LogP contribution in [0.5, 0.6) is 0 Å². The number of carbonyl (C=O) groups excluding carboxylic acids is 1. The molecular weight excluding hydrogens is 351 g/mol. The zero-order valence-electron chi connectivity index (χ0n) is 14.8. The maximum atomic E-state index is 13.5. The molecule has 1 aromatic carbocycles. The highest BCUT2D eigenvalue weighted by molar-refractivity contribution is 7.16. The van der Waals surface area contributed by atoms with Gasteiger partial charge in [-0.15, -0.1) is 11.3 Å². The maximum absolute atomic E-state index is 13.5. The van der Waals surface area contributed by atoms with E-state index in [0.29, 0.717) is 11.3 Å². The summed E-state index contributed by atoms with van der Waals surface area (Å²) in [6, 6.07) is 4.72. The minimum Gasteiger partial charge on any atom is -0.328 e. The second kappa shape index (κ2) is 6.32. The molecule has 134 valence electrons. The summed E-state index contributed by atoms with van der Waals surface area (Å²) in [5, 5.41) is 4.93. The Balaban J connectivity index is 1.64. The molecule has 2 atom stereocenters. The average Bonchev–Trinajstić information content (AvgIpc) is 3.23. The van der Waals surface area contributed by atoms with Crippen LogP contribution in [0.2, 0.25) is 0 Å². The van der Waals surface area contributed by atoms with Crippen LogP contribution >= 0.6 is 11.3 Å². The van der Waals surface area contributed by atoms with Gasteiger partial charge in [0.15, 0.2) is 0 Å². The number of hydrogen-bond acceptors (Lipinski definition) is 4. The van der Waals surface area contributed by atoms with Gasteiger partial charge in [0, 0.05) is 24.8 Å². The van der Waals surface area contributed by atoms with E-state index in [9.17, 15) is 9.18 Å². The number of amides is 1. The van der Waals surface area contributed by atoms with Crippen molar-refractivity contribution < 1.29 is 9.18 Å². The molecule has 1 aliphatic rings. The van der Waals surface area contributed by atoms with Gasteiger partial charge in [-0.25, -0.2) is 9.37 Å². The zero-order chi connectivity index (χ0) is 18.4. The lowest BCUT2D eigenvalue weighted by molar-refractivity contribution is 0.0585. The van der Waals surface area contributed by atoms with E-state index in [2.05, 4.69) is 10.1 Å². The maximum Gasteiger partial charge on any atom is 0.266 e. The molecule has 0 spiro atoms. The van der Waals surface area contributed by atoms with Gasteiger partial charge in [-0.2, -0.15) is 5.10 Å². The van der Waals surface area contributed by atoms with Crippen LogP contribution in [-0.2, 0) is 13.5 Å². The third kappa shape index (κ3) is 2.82. The van der Waals surface area contributed by atoms with Crippen molar-refractivity contribution in [1.29, 1.82) is 0 Å². The average molecular weight is 370 g/mol. The van der Waals surface area contributed by atoms with Crippen LogP contribution in [0, 0.1) is 5.82 Å². The number of rotatable bonds is 2. The fraction of sp³-hybridized carbons (Fsp3) is 0.316. The van der Waals surface area contributed by atoms with Crippen LogP contribution in [0.25, 0.3) is 10.6 Å². The summed E-state index contributed by atoms with van der Waals surface area (Å²) >= 11 is 1.37. The van der Waals surface area contributed by atoms with Crippen molar-refractivity contribution in [2.75, 3.05) is 0 Å². The molecule has 5 nitrogen and oxygen atoms in total. The summed E-state index contributed by atoms with van der Waals surface area (Å²) < 4.78 is 15.3. The van der Waals surface area contributed by atoms with Gasteiger partial charge < -0.3 is 4.90 Å². The number of aryl methyl sites for hydroxylation is 1. The van der Waals surface area contributed by atoms with E-state index < -0.39 is 0 Å². The Morgan fingerprint density at radius 3 is 2.85 bits per heavy atom. The predicted octanol–water partition coefficient (Wildman–Crippen LogP) is 3.83. The van der Waals surface area contributed by atoms with Crippen molar-refractivity contribution in [3.63, 3.8) is 0 Å². The molecule has 2 aromatic heterocycles. The number of nitrogens with zero attached hydrogens (tertiary/aromatic N) is 4. The summed E-state index contributed by atoms with van der Waals surface area (Å²) in [5.74, 6) is -0.265.